The average Bonchev–Trinajstić information content (AvgIpc) is 3.11. The standard InChI is InChI=1S/C26H48O6Si3.C22H38O5Si2/c1-20(15-16-35(12,31-33(6,7)8)32-34(9,10)11)19-30-23-14-13-21(17-24(23)29-5)22(27)18-25(28)26(2,3)4;1-22(2,3)21(24)16-18(23)17-11-12-19(20(15-17)25-4)26-13-10-14-29(8,9)27-28(5,6)7/h13-14,17,20H,15-16,18-19H2,1-12H3;11-12,15H,10,13-14,16H2,1-9H3. The minimum Gasteiger partial charge on any atom is -0.493 e. The summed E-state index contributed by atoms with van der Waals surface area (Å²) >= 11 is 0. The van der Waals surface area contributed by atoms with Gasteiger partial charge in [0, 0.05) is 22.0 Å². The second-order valence-electron chi connectivity index (χ2n) is 22.7. The van der Waals surface area contributed by atoms with Gasteiger partial charge in [-0.1, -0.05) is 48.5 Å². The van der Waals surface area contributed by atoms with Gasteiger partial charge in [-0.3, -0.25) is 19.2 Å². The fraction of sp³-hybridized carbons (Fsp3) is 0.667. The van der Waals surface area contributed by atoms with Gasteiger partial charge in [0.25, 0.3) is 0 Å². The Balaban J connectivity index is 0.000000651. The molecule has 2 rings (SSSR count). The van der Waals surface area contributed by atoms with Gasteiger partial charge in [-0.15, -0.1) is 0 Å². The summed E-state index contributed by atoms with van der Waals surface area (Å²) in [5, 5.41) is 0. The van der Waals surface area contributed by atoms with Crippen LogP contribution < -0.4 is 18.9 Å². The molecule has 1 unspecified atom stereocenters. The molecule has 1 atom stereocenters. The first-order valence-electron chi connectivity index (χ1n) is 22.7. The van der Waals surface area contributed by atoms with Crippen molar-refractivity contribution in [3.05, 3.63) is 47.5 Å². The van der Waals surface area contributed by atoms with Crippen molar-refractivity contribution in [3.8, 4) is 23.0 Å². The SMILES string of the molecule is COc1cc(C(=O)CC(=O)C(C)(C)C)ccc1OCC(C)CC[Si](C)(O[Si](C)(C)C)O[Si](C)(C)C.COc1cc(C(=O)CC(=O)C(C)(C)C)ccc1OCCC[Si](C)(C)O[Si](C)(C)C. The Labute approximate surface area is 393 Å². The summed E-state index contributed by atoms with van der Waals surface area (Å²) in [6, 6.07) is 12.2. The van der Waals surface area contributed by atoms with E-state index in [0.29, 0.717) is 53.3 Å². The Hall–Kier alpha value is -2.72. The van der Waals surface area contributed by atoms with Crippen molar-refractivity contribution in [3.63, 3.8) is 0 Å². The van der Waals surface area contributed by atoms with Crippen LogP contribution in [0.1, 0.15) is 94.9 Å². The van der Waals surface area contributed by atoms with E-state index in [0.717, 1.165) is 24.9 Å². The predicted octanol–water partition coefficient (Wildman–Crippen LogP) is 12.8. The first kappa shape index (κ1) is 59.3. The molecule has 64 heavy (non-hydrogen) atoms. The summed E-state index contributed by atoms with van der Waals surface area (Å²) in [5.74, 6) is 1.93. The second kappa shape index (κ2) is 24.3. The van der Waals surface area contributed by atoms with Crippen LogP contribution in [0.15, 0.2) is 36.4 Å². The molecule has 0 aromatic heterocycles. The quantitative estimate of drug-likeness (QED) is 0.0407. The van der Waals surface area contributed by atoms with Crippen LogP contribution >= 0.6 is 0 Å². The molecule has 0 spiro atoms. The third-order valence-electron chi connectivity index (χ3n) is 9.71. The zero-order valence-corrected chi connectivity index (χ0v) is 48.7. The minimum absolute atomic E-state index is 0.0749. The summed E-state index contributed by atoms with van der Waals surface area (Å²) < 4.78 is 42.4. The molecular weight excluding hydrogens is 893 g/mol. The number of hydrogen-bond donors (Lipinski definition) is 0. The van der Waals surface area contributed by atoms with Crippen LogP contribution in [0.3, 0.4) is 0 Å². The van der Waals surface area contributed by atoms with Crippen molar-refractivity contribution in [2.45, 2.75) is 165 Å². The molecule has 0 aliphatic heterocycles. The summed E-state index contributed by atoms with van der Waals surface area (Å²) in [7, 11) is -5.82. The van der Waals surface area contributed by atoms with Crippen molar-refractivity contribution < 1.29 is 50.5 Å². The lowest BCUT2D eigenvalue weighted by atomic mass is 9.87. The van der Waals surface area contributed by atoms with Crippen molar-refractivity contribution in [1.29, 1.82) is 0 Å². The van der Waals surface area contributed by atoms with E-state index >= 15 is 0 Å². The predicted molar refractivity (Wildman–Crippen MR) is 274 cm³/mol. The van der Waals surface area contributed by atoms with E-state index in [1.807, 2.05) is 41.5 Å². The third-order valence-corrected chi connectivity index (χ3v) is 25.5. The number of ether oxygens (including phenoxy) is 4. The summed E-state index contributed by atoms with van der Waals surface area (Å²) in [6.45, 7) is 40.9. The molecule has 16 heteroatoms. The van der Waals surface area contributed by atoms with E-state index in [4.69, 9.17) is 31.3 Å². The van der Waals surface area contributed by atoms with Crippen molar-refractivity contribution in [2.75, 3.05) is 27.4 Å². The number of benzene rings is 2. The van der Waals surface area contributed by atoms with E-state index < -0.39 is 52.7 Å². The smallest absolute Gasteiger partial charge is 0.314 e. The molecule has 0 radical (unpaired) electrons. The Bertz CT molecular complexity index is 1830. The molecule has 0 heterocycles. The molecule has 0 fully saturated rings. The van der Waals surface area contributed by atoms with Gasteiger partial charge in [-0.2, -0.15) is 0 Å². The molecule has 0 bridgehead atoms. The lowest BCUT2D eigenvalue weighted by molar-refractivity contribution is -0.126. The summed E-state index contributed by atoms with van der Waals surface area (Å²) in [4.78, 5) is 49.4. The van der Waals surface area contributed by atoms with E-state index in [9.17, 15) is 19.2 Å². The van der Waals surface area contributed by atoms with Gasteiger partial charge in [-0.05, 0) is 146 Å². The normalized spacial score (nSPS) is 13.3. The molecule has 0 aliphatic rings. The Morgan fingerprint density at radius 1 is 0.547 bits per heavy atom. The van der Waals surface area contributed by atoms with Crippen molar-refractivity contribution in [2.24, 2.45) is 16.7 Å². The van der Waals surface area contributed by atoms with Gasteiger partial charge >= 0.3 is 8.56 Å². The maximum Gasteiger partial charge on any atom is 0.314 e. The molecule has 0 saturated carbocycles. The van der Waals surface area contributed by atoms with Crippen LogP contribution in [0.5, 0.6) is 23.0 Å². The number of ketones is 4. The number of carbonyl (C=O) groups excluding carboxylic acids is 4. The van der Waals surface area contributed by atoms with E-state index in [2.05, 4.69) is 85.5 Å². The van der Waals surface area contributed by atoms with E-state index in [1.165, 1.54) is 0 Å². The number of Topliss-reactive ketones (excluding diaryl/α,β-unsaturated/α-hetero) is 4. The molecule has 0 N–H and O–H groups in total. The lowest BCUT2D eigenvalue weighted by Gasteiger charge is -2.39. The zero-order valence-electron chi connectivity index (χ0n) is 43.7. The van der Waals surface area contributed by atoms with Gasteiger partial charge in [0.2, 0.25) is 0 Å². The summed E-state index contributed by atoms with van der Waals surface area (Å²) in [5.41, 5.74) is -0.158. The topological polar surface area (TPSA) is 133 Å². The summed E-state index contributed by atoms with van der Waals surface area (Å²) in [6.07, 6.45) is 1.63. The Morgan fingerprint density at radius 3 is 1.30 bits per heavy atom. The second-order valence-corrected chi connectivity index (χ2v) is 44.6. The fourth-order valence-corrected chi connectivity index (χ4v) is 27.5. The molecule has 2 aromatic rings. The lowest BCUT2D eigenvalue weighted by Crippen LogP contribution is -2.52. The molecular formula is C48H86O11Si5. The molecule has 0 saturated heterocycles. The highest BCUT2D eigenvalue weighted by Crippen LogP contribution is 2.33. The maximum atomic E-state index is 12.6. The van der Waals surface area contributed by atoms with Crippen LogP contribution in [0.4, 0.5) is 0 Å². The minimum atomic E-state index is -2.28. The zero-order chi connectivity index (χ0) is 49.7. The first-order chi connectivity index (χ1) is 28.9. The van der Waals surface area contributed by atoms with Gasteiger partial charge in [-0.25, -0.2) is 0 Å². The van der Waals surface area contributed by atoms with Gasteiger partial charge in [0.1, 0.15) is 11.6 Å². The monoisotopic (exact) mass is 979 g/mol. The molecule has 0 amide bonds. The van der Waals surface area contributed by atoms with Gasteiger partial charge in [0.15, 0.2) is 67.8 Å². The van der Waals surface area contributed by atoms with Crippen LogP contribution in [-0.2, 0) is 21.9 Å². The van der Waals surface area contributed by atoms with Crippen LogP contribution in [-0.4, -0.2) is 92.4 Å². The van der Waals surface area contributed by atoms with E-state index in [-0.39, 0.29) is 36.0 Å². The largest absolute Gasteiger partial charge is 0.493 e. The van der Waals surface area contributed by atoms with Crippen LogP contribution in [0.2, 0.25) is 90.7 Å². The number of methoxy groups -OCH3 is 2. The fourth-order valence-electron chi connectivity index (χ4n) is 6.75. The molecule has 0 aliphatic carbocycles. The van der Waals surface area contributed by atoms with Crippen molar-refractivity contribution >= 4 is 65.0 Å². The highest BCUT2D eigenvalue weighted by atomic mass is 28.5. The number of hydrogen-bond acceptors (Lipinski definition) is 11. The van der Waals surface area contributed by atoms with Gasteiger partial charge in [0.05, 0.1) is 40.3 Å². The maximum absolute atomic E-state index is 12.6. The Morgan fingerprint density at radius 2 is 0.938 bits per heavy atom. The average molecular weight is 980 g/mol. The number of carbonyl (C=O) groups is 4. The molecule has 2 aromatic carbocycles. The van der Waals surface area contributed by atoms with Crippen LogP contribution in [0, 0.1) is 16.7 Å². The molecule has 11 nitrogen and oxygen atoms in total. The van der Waals surface area contributed by atoms with Crippen LogP contribution in [0.25, 0.3) is 0 Å². The molecule has 364 valence electrons. The van der Waals surface area contributed by atoms with Crippen molar-refractivity contribution in [1.82, 2.24) is 0 Å². The third kappa shape index (κ3) is 23.6. The Kier molecular flexibility index (Phi) is 22.6. The first-order valence-corrected chi connectivity index (χ1v) is 38.6. The highest BCUT2D eigenvalue weighted by Gasteiger charge is 2.40. The van der Waals surface area contributed by atoms with E-state index in [1.54, 1.807) is 50.6 Å². The number of rotatable bonds is 25. The highest BCUT2D eigenvalue weighted by molar-refractivity contribution is 6.87. The van der Waals surface area contributed by atoms with Gasteiger partial charge < -0.3 is 31.3 Å².